The van der Waals surface area contributed by atoms with Gasteiger partial charge in [0.05, 0.1) is 35.0 Å². The standard InChI is InChI=1S/C36H29BrN2O4S/c1-41-26-15-12-25(13-16-26)33-28-17-14-24-10-6-7-11-27(24)32(28)38-36-39(33)35(40)31(44-36)20-23-18-29(37)34(30(19-23)42-2)43-21-22-8-4-3-5-9-22/h3-13,15-16,18-20,33H,14,17,21H2,1-2H3/b31-20+/t33-/m0/s1. The zero-order valence-corrected chi connectivity index (χ0v) is 26.7. The van der Waals surface area contributed by atoms with Crippen molar-refractivity contribution >= 4 is 39.0 Å². The Labute approximate surface area is 267 Å². The number of thiazole rings is 1. The molecule has 0 unspecified atom stereocenters. The van der Waals surface area contributed by atoms with Crippen LogP contribution in [0.25, 0.3) is 11.8 Å². The Morgan fingerprint density at radius 3 is 2.50 bits per heavy atom. The number of halogens is 1. The van der Waals surface area contributed by atoms with Gasteiger partial charge in [-0.2, -0.15) is 0 Å². The second-order valence-electron chi connectivity index (χ2n) is 10.7. The fourth-order valence-electron chi connectivity index (χ4n) is 5.95. The summed E-state index contributed by atoms with van der Waals surface area (Å²) >= 11 is 5.08. The van der Waals surface area contributed by atoms with Gasteiger partial charge in [-0.1, -0.05) is 78.1 Å². The van der Waals surface area contributed by atoms with E-state index in [1.807, 2.05) is 77.4 Å². The Morgan fingerprint density at radius 1 is 0.955 bits per heavy atom. The van der Waals surface area contributed by atoms with Gasteiger partial charge in [0, 0.05) is 5.56 Å². The van der Waals surface area contributed by atoms with E-state index in [9.17, 15) is 4.79 Å². The van der Waals surface area contributed by atoms with Crippen molar-refractivity contribution in [2.75, 3.05) is 14.2 Å². The predicted octanol–water partition coefficient (Wildman–Crippen LogP) is 6.68. The third-order valence-corrected chi connectivity index (χ3v) is 9.65. The number of ether oxygens (including phenoxy) is 3. The molecule has 0 radical (unpaired) electrons. The molecule has 220 valence electrons. The monoisotopic (exact) mass is 664 g/mol. The minimum absolute atomic E-state index is 0.0699. The highest BCUT2D eigenvalue weighted by atomic mass is 79.9. The fourth-order valence-corrected chi connectivity index (χ4v) is 7.53. The average Bonchev–Trinajstić information content (AvgIpc) is 3.37. The van der Waals surface area contributed by atoms with E-state index >= 15 is 0 Å². The molecule has 0 spiro atoms. The smallest absolute Gasteiger partial charge is 0.271 e. The number of fused-ring (bicyclic) bond motifs is 3. The summed E-state index contributed by atoms with van der Waals surface area (Å²) in [5.74, 6) is 1.97. The van der Waals surface area contributed by atoms with E-state index < -0.39 is 0 Å². The lowest BCUT2D eigenvalue weighted by Crippen LogP contribution is -2.38. The maximum Gasteiger partial charge on any atom is 0.271 e. The normalized spacial score (nSPS) is 15.6. The lowest BCUT2D eigenvalue weighted by Gasteiger charge is -2.30. The lowest BCUT2D eigenvalue weighted by atomic mass is 9.83. The summed E-state index contributed by atoms with van der Waals surface area (Å²) in [7, 11) is 3.28. The van der Waals surface area contributed by atoms with Crippen LogP contribution in [-0.2, 0) is 13.0 Å². The van der Waals surface area contributed by atoms with Gasteiger partial charge in [0.25, 0.3) is 5.56 Å². The number of hydrogen-bond acceptors (Lipinski definition) is 6. The molecule has 0 fully saturated rings. The number of hydrogen-bond donors (Lipinski definition) is 0. The molecule has 44 heavy (non-hydrogen) atoms. The molecule has 1 aromatic heterocycles. The zero-order chi connectivity index (χ0) is 30.2. The van der Waals surface area contributed by atoms with E-state index in [1.165, 1.54) is 16.9 Å². The zero-order valence-electron chi connectivity index (χ0n) is 24.2. The maximum atomic E-state index is 14.2. The number of allylic oxidation sites excluding steroid dienone is 1. The first-order valence-corrected chi connectivity index (χ1v) is 16.0. The molecule has 0 amide bonds. The van der Waals surface area contributed by atoms with Gasteiger partial charge in [-0.05, 0) is 86.9 Å². The molecule has 8 heteroatoms. The summed E-state index contributed by atoms with van der Waals surface area (Å²) in [6.45, 7) is 0.410. The van der Waals surface area contributed by atoms with Crippen LogP contribution in [0.3, 0.4) is 0 Å². The number of methoxy groups -OCH3 is 2. The van der Waals surface area contributed by atoms with Crippen LogP contribution in [0.15, 0.2) is 111 Å². The first-order chi connectivity index (χ1) is 21.5. The summed E-state index contributed by atoms with van der Waals surface area (Å²) in [4.78, 5) is 20.0. The van der Waals surface area contributed by atoms with E-state index in [0.717, 1.165) is 56.6 Å². The highest BCUT2D eigenvalue weighted by molar-refractivity contribution is 9.10. The Kier molecular flexibility index (Phi) is 7.70. The molecule has 6 nitrogen and oxygen atoms in total. The SMILES string of the molecule is COc1ccc([C@H]2C3=C(N=c4s/c(=C/c5cc(Br)c(OCc6ccccc6)c(OC)c5)c(=O)n42)c2ccccc2CC3)cc1. The van der Waals surface area contributed by atoms with Gasteiger partial charge in [-0.15, -0.1) is 0 Å². The van der Waals surface area contributed by atoms with Crippen molar-refractivity contribution in [1.82, 2.24) is 4.57 Å². The number of nitrogens with zero attached hydrogens (tertiary/aromatic N) is 2. The first kappa shape index (κ1) is 28.4. The van der Waals surface area contributed by atoms with Crippen LogP contribution in [-0.4, -0.2) is 18.8 Å². The highest BCUT2D eigenvalue weighted by Crippen LogP contribution is 2.41. The molecule has 0 N–H and O–H groups in total. The quantitative estimate of drug-likeness (QED) is 0.195. The average molecular weight is 666 g/mol. The second kappa shape index (κ2) is 11.9. The van der Waals surface area contributed by atoms with Crippen molar-refractivity contribution in [1.29, 1.82) is 0 Å². The Morgan fingerprint density at radius 2 is 1.73 bits per heavy atom. The van der Waals surface area contributed by atoms with E-state index in [1.54, 1.807) is 14.2 Å². The highest BCUT2D eigenvalue weighted by Gasteiger charge is 2.32. The molecule has 2 aliphatic rings. The van der Waals surface area contributed by atoms with Crippen LogP contribution in [0.5, 0.6) is 17.2 Å². The summed E-state index contributed by atoms with van der Waals surface area (Å²) in [5.41, 5.74) is 7.41. The summed E-state index contributed by atoms with van der Waals surface area (Å²) in [6, 6.07) is 30.0. The predicted molar refractivity (Wildman–Crippen MR) is 177 cm³/mol. The molecular weight excluding hydrogens is 636 g/mol. The molecule has 0 saturated heterocycles. The van der Waals surface area contributed by atoms with Crippen molar-refractivity contribution in [3.8, 4) is 17.2 Å². The van der Waals surface area contributed by atoms with Gasteiger partial charge in [-0.25, -0.2) is 4.99 Å². The molecule has 1 atom stereocenters. The van der Waals surface area contributed by atoms with Crippen LogP contribution >= 0.6 is 27.3 Å². The summed E-state index contributed by atoms with van der Waals surface area (Å²) in [6.07, 6.45) is 3.65. The second-order valence-corrected chi connectivity index (χ2v) is 12.6. The van der Waals surface area contributed by atoms with E-state index in [2.05, 4.69) is 40.2 Å². The first-order valence-electron chi connectivity index (χ1n) is 14.4. The maximum absolute atomic E-state index is 14.2. The minimum Gasteiger partial charge on any atom is -0.497 e. The van der Waals surface area contributed by atoms with Gasteiger partial charge in [0.1, 0.15) is 12.4 Å². The van der Waals surface area contributed by atoms with E-state index in [4.69, 9.17) is 19.2 Å². The van der Waals surface area contributed by atoms with Crippen LogP contribution in [0.2, 0.25) is 0 Å². The number of aryl methyl sites for hydroxylation is 1. The molecule has 0 bridgehead atoms. The van der Waals surface area contributed by atoms with Gasteiger partial charge in [0.2, 0.25) is 0 Å². The molecular formula is C36H29BrN2O4S. The fraction of sp³-hybridized carbons (Fsp3) is 0.167. The third kappa shape index (κ3) is 5.18. The lowest BCUT2D eigenvalue weighted by molar-refractivity contribution is 0.282. The summed E-state index contributed by atoms with van der Waals surface area (Å²) in [5, 5.41) is 0. The molecule has 1 aliphatic carbocycles. The topological polar surface area (TPSA) is 62.0 Å². The third-order valence-electron chi connectivity index (χ3n) is 8.08. The molecule has 2 heterocycles. The van der Waals surface area contributed by atoms with Gasteiger partial charge < -0.3 is 14.2 Å². The largest absolute Gasteiger partial charge is 0.497 e. The number of aromatic nitrogens is 1. The Hall–Kier alpha value is -4.40. The van der Waals surface area contributed by atoms with Crippen LogP contribution in [0.4, 0.5) is 0 Å². The Balaban J connectivity index is 1.34. The number of rotatable bonds is 7. The molecule has 1 aliphatic heterocycles. The van der Waals surface area contributed by atoms with Gasteiger partial charge in [-0.3, -0.25) is 9.36 Å². The van der Waals surface area contributed by atoms with Crippen molar-refractivity contribution in [3.63, 3.8) is 0 Å². The van der Waals surface area contributed by atoms with Gasteiger partial charge >= 0.3 is 0 Å². The minimum atomic E-state index is -0.252. The number of benzene rings is 4. The molecule has 4 aromatic carbocycles. The van der Waals surface area contributed by atoms with Crippen LogP contribution < -0.4 is 29.1 Å². The molecule has 0 saturated carbocycles. The van der Waals surface area contributed by atoms with Crippen molar-refractivity contribution in [2.24, 2.45) is 4.99 Å². The van der Waals surface area contributed by atoms with E-state index in [0.29, 0.717) is 27.4 Å². The van der Waals surface area contributed by atoms with Crippen molar-refractivity contribution < 1.29 is 14.2 Å². The van der Waals surface area contributed by atoms with Crippen LogP contribution in [0, 0.1) is 0 Å². The van der Waals surface area contributed by atoms with Crippen molar-refractivity contribution in [3.05, 3.63) is 149 Å². The molecule has 5 aromatic rings. The Bertz CT molecular complexity index is 2080. The van der Waals surface area contributed by atoms with E-state index in [-0.39, 0.29) is 11.6 Å². The summed E-state index contributed by atoms with van der Waals surface area (Å²) < 4.78 is 20.5. The van der Waals surface area contributed by atoms with Crippen LogP contribution in [0.1, 0.15) is 40.3 Å². The van der Waals surface area contributed by atoms with Gasteiger partial charge in [0.15, 0.2) is 16.3 Å². The van der Waals surface area contributed by atoms with Crippen molar-refractivity contribution in [2.45, 2.75) is 25.5 Å². The molecule has 7 rings (SSSR count).